The lowest BCUT2D eigenvalue weighted by molar-refractivity contribution is 0.184. The molecule has 7 heteroatoms. The number of ether oxygens (including phenoxy) is 1. The van der Waals surface area contributed by atoms with Crippen molar-refractivity contribution in [1.29, 1.82) is 0 Å². The molecule has 1 aliphatic rings. The van der Waals surface area contributed by atoms with Crippen molar-refractivity contribution in [3.63, 3.8) is 0 Å². The van der Waals surface area contributed by atoms with Crippen LogP contribution in [-0.4, -0.2) is 32.7 Å². The summed E-state index contributed by atoms with van der Waals surface area (Å²) in [6.45, 7) is 6.30. The molecule has 21 heavy (non-hydrogen) atoms. The minimum Gasteiger partial charge on any atom is -0.381 e. The molecule has 2 heterocycles. The van der Waals surface area contributed by atoms with E-state index >= 15 is 0 Å². The molecule has 0 aromatic carbocycles. The summed E-state index contributed by atoms with van der Waals surface area (Å²) in [4.78, 5) is 0.291. The number of hydrogen-bond donors (Lipinski definition) is 2. The minimum absolute atomic E-state index is 0.183. The van der Waals surface area contributed by atoms with Gasteiger partial charge in [0.1, 0.15) is 0 Å². The molecule has 0 radical (unpaired) electrons. The summed E-state index contributed by atoms with van der Waals surface area (Å²) in [5.41, 5.74) is 6.51. The molecular formula is C14H25N3O3S. The minimum atomic E-state index is -3.46. The molecule has 0 aliphatic carbocycles. The van der Waals surface area contributed by atoms with Crippen molar-refractivity contribution in [2.24, 2.45) is 11.7 Å². The summed E-state index contributed by atoms with van der Waals surface area (Å²) < 4.78 is 34.5. The molecule has 0 amide bonds. The molecule has 1 fully saturated rings. The Labute approximate surface area is 126 Å². The van der Waals surface area contributed by atoms with Crippen LogP contribution in [0.3, 0.4) is 0 Å². The Morgan fingerprint density at radius 1 is 1.52 bits per heavy atom. The van der Waals surface area contributed by atoms with Gasteiger partial charge in [0.05, 0.1) is 4.90 Å². The van der Waals surface area contributed by atoms with Crippen molar-refractivity contribution in [3.05, 3.63) is 18.0 Å². The van der Waals surface area contributed by atoms with Crippen LogP contribution >= 0.6 is 0 Å². The second-order valence-corrected chi connectivity index (χ2v) is 7.56. The third kappa shape index (κ3) is 4.06. The Balaban J connectivity index is 2.01. The monoisotopic (exact) mass is 315 g/mol. The van der Waals surface area contributed by atoms with E-state index in [1.807, 2.05) is 18.4 Å². The molecule has 3 N–H and O–H groups in total. The van der Waals surface area contributed by atoms with Gasteiger partial charge in [0, 0.05) is 44.2 Å². The molecule has 0 bridgehead atoms. The third-order valence-corrected chi connectivity index (χ3v) is 5.28. The largest absolute Gasteiger partial charge is 0.381 e. The van der Waals surface area contributed by atoms with Gasteiger partial charge in [-0.25, -0.2) is 13.1 Å². The topological polar surface area (TPSA) is 86.3 Å². The maximum atomic E-state index is 12.3. The van der Waals surface area contributed by atoms with Gasteiger partial charge in [-0.2, -0.15) is 0 Å². The maximum Gasteiger partial charge on any atom is 0.242 e. The van der Waals surface area contributed by atoms with Crippen molar-refractivity contribution in [2.45, 2.75) is 44.2 Å². The number of nitrogens with zero attached hydrogens (tertiary/aromatic N) is 1. The van der Waals surface area contributed by atoms with Gasteiger partial charge in [-0.3, -0.25) is 0 Å². The van der Waals surface area contributed by atoms with Crippen molar-refractivity contribution in [3.8, 4) is 0 Å². The van der Waals surface area contributed by atoms with Crippen LogP contribution in [0.4, 0.5) is 0 Å². The Morgan fingerprint density at radius 3 is 2.81 bits per heavy atom. The fourth-order valence-corrected chi connectivity index (χ4v) is 3.68. The van der Waals surface area contributed by atoms with E-state index in [-0.39, 0.29) is 6.04 Å². The number of rotatable bonds is 7. The fraction of sp³-hybridized carbons (Fsp3) is 0.714. The quantitative estimate of drug-likeness (QED) is 0.792. The Kier molecular flexibility index (Phi) is 5.43. The average molecular weight is 315 g/mol. The molecule has 0 saturated carbocycles. The van der Waals surface area contributed by atoms with Gasteiger partial charge in [-0.05, 0) is 38.7 Å². The predicted octanol–water partition coefficient (Wildman–Crippen LogP) is 1.23. The van der Waals surface area contributed by atoms with Gasteiger partial charge in [0.2, 0.25) is 10.0 Å². The highest BCUT2D eigenvalue weighted by Gasteiger charge is 2.20. The lowest BCUT2D eigenvalue weighted by Crippen LogP contribution is -2.26. The van der Waals surface area contributed by atoms with Crippen LogP contribution in [0.5, 0.6) is 0 Å². The maximum absolute atomic E-state index is 12.3. The van der Waals surface area contributed by atoms with E-state index in [2.05, 4.69) is 4.72 Å². The molecule has 2 rings (SSSR count). The fourth-order valence-electron chi connectivity index (χ4n) is 2.58. The molecular weight excluding hydrogens is 290 g/mol. The lowest BCUT2D eigenvalue weighted by Gasteiger charge is -2.11. The zero-order valence-electron chi connectivity index (χ0n) is 12.7. The summed E-state index contributed by atoms with van der Waals surface area (Å²) in [5.74, 6) is 0.465. The molecule has 0 spiro atoms. The number of sulfonamides is 1. The van der Waals surface area contributed by atoms with E-state index in [1.165, 1.54) is 0 Å². The van der Waals surface area contributed by atoms with Gasteiger partial charge >= 0.3 is 0 Å². The van der Waals surface area contributed by atoms with Gasteiger partial charge in [-0.1, -0.05) is 0 Å². The highest BCUT2D eigenvalue weighted by Crippen LogP contribution is 2.19. The second kappa shape index (κ2) is 6.91. The van der Waals surface area contributed by atoms with Crippen LogP contribution in [0.1, 0.15) is 38.4 Å². The molecule has 1 aliphatic heterocycles. The molecule has 120 valence electrons. The van der Waals surface area contributed by atoms with Crippen molar-refractivity contribution in [2.75, 3.05) is 19.8 Å². The van der Waals surface area contributed by atoms with Gasteiger partial charge < -0.3 is 15.0 Å². The third-order valence-electron chi connectivity index (χ3n) is 3.85. The first-order valence-corrected chi connectivity index (χ1v) is 8.90. The van der Waals surface area contributed by atoms with E-state index in [0.717, 1.165) is 31.7 Å². The lowest BCUT2D eigenvalue weighted by atomic mass is 10.1. The van der Waals surface area contributed by atoms with Crippen LogP contribution < -0.4 is 10.5 Å². The normalized spacial score (nSPS) is 19.5. The number of nitrogens with two attached hydrogens (primary N) is 1. The van der Waals surface area contributed by atoms with Crippen molar-refractivity contribution >= 4 is 10.0 Å². The molecule has 1 saturated heterocycles. The zero-order valence-corrected chi connectivity index (χ0v) is 13.5. The van der Waals surface area contributed by atoms with Crippen LogP contribution in [0, 0.1) is 5.92 Å². The highest BCUT2D eigenvalue weighted by atomic mass is 32.2. The molecule has 1 aromatic rings. The van der Waals surface area contributed by atoms with E-state index in [4.69, 9.17) is 10.5 Å². The Morgan fingerprint density at radius 2 is 2.29 bits per heavy atom. The summed E-state index contributed by atoms with van der Waals surface area (Å²) in [6.07, 6.45) is 3.49. The summed E-state index contributed by atoms with van der Waals surface area (Å²) in [5, 5.41) is 0. The Bertz CT molecular complexity index is 560. The SMILES string of the molecule is CC(C)n1cc(S(=O)(=O)NCCC2CCOC2)cc1CN. The summed E-state index contributed by atoms with van der Waals surface area (Å²) in [7, 11) is -3.46. The smallest absolute Gasteiger partial charge is 0.242 e. The average Bonchev–Trinajstić information content (AvgIpc) is 3.07. The number of hydrogen-bond acceptors (Lipinski definition) is 4. The van der Waals surface area contributed by atoms with Gasteiger partial charge in [-0.15, -0.1) is 0 Å². The number of nitrogens with one attached hydrogen (secondary N) is 1. The van der Waals surface area contributed by atoms with Crippen LogP contribution in [-0.2, 0) is 21.3 Å². The molecule has 1 unspecified atom stereocenters. The van der Waals surface area contributed by atoms with E-state index in [1.54, 1.807) is 12.3 Å². The standard InChI is InChI=1S/C14H25N3O3S/c1-11(2)17-9-14(7-13(17)8-15)21(18,19)16-5-3-12-4-6-20-10-12/h7,9,11-12,16H,3-6,8,10,15H2,1-2H3. The first-order chi connectivity index (χ1) is 9.94. The van der Waals surface area contributed by atoms with Crippen LogP contribution in [0.2, 0.25) is 0 Å². The van der Waals surface area contributed by atoms with Crippen molar-refractivity contribution in [1.82, 2.24) is 9.29 Å². The number of aromatic nitrogens is 1. The van der Waals surface area contributed by atoms with E-state index < -0.39 is 10.0 Å². The molecule has 1 aromatic heterocycles. The first-order valence-electron chi connectivity index (χ1n) is 7.42. The first kappa shape index (κ1) is 16.5. The van der Waals surface area contributed by atoms with E-state index in [0.29, 0.717) is 23.9 Å². The summed E-state index contributed by atoms with van der Waals surface area (Å²) in [6, 6.07) is 1.84. The molecule has 1 atom stereocenters. The Hall–Kier alpha value is -0.890. The second-order valence-electron chi connectivity index (χ2n) is 5.79. The van der Waals surface area contributed by atoms with Crippen LogP contribution in [0.15, 0.2) is 17.2 Å². The van der Waals surface area contributed by atoms with Crippen molar-refractivity contribution < 1.29 is 13.2 Å². The highest BCUT2D eigenvalue weighted by molar-refractivity contribution is 7.89. The predicted molar refractivity (Wildman–Crippen MR) is 81.4 cm³/mol. The molecule has 6 nitrogen and oxygen atoms in total. The zero-order chi connectivity index (χ0) is 15.5. The van der Waals surface area contributed by atoms with Gasteiger partial charge in [0.25, 0.3) is 0 Å². The van der Waals surface area contributed by atoms with Crippen LogP contribution in [0.25, 0.3) is 0 Å². The van der Waals surface area contributed by atoms with Gasteiger partial charge in [0.15, 0.2) is 0 Å². The summed E-state index contributed by atoms with van der Waals surface area (Å²) >= 11 is 0. The van der Waals surface area contributed by atoms with E-state index in [9.17, 15) is 8.42 Å².